The van der Waals surface area contributed by atoms with E-state index in [1.807, 2.05) is 30.3 Å². The van der Waals surface area contributed by atoms with E-state index in [2.05, 4.69) is 0 Å². The van der Waals surface area contributed by atoms with Crippen LogP contribution in [-0.4, -0.2) is 12.9 Å². The summed E-state index contributed by atoms with van der Waals surface area (Å²) in [6.45, 7) is 0. The third-order valence-electron chi connectivity index (χ3n) is 3.28. The maximum Gasteiger partial charge on any atom is 0.177 e. The normalized spacial score (nSPS) is 10.8. The Kier molecular flexibility index (Phi) is 3.71. The van der Waals surface area contributed by atoms with Gasteiger partial charge < -0.3 is 4.74 Å². The van der Waals surface area contributed by atoms with E-state index in [1.54, 1.807) is 12.1 Å². The zero-order valence-electron chi connectivity index (χ0n) is 11.4. The van der Waals surface area contributed by atoms with Gasteiger partial charge in [0.15, 0.2) is 17.3 Å². The summed E-state index contributed by atoms with van der Waals surface area (Å²) in [6, 6.07) is 14.4. The number of Topliss-reactive ketones (excluding diaryl/α,β-unsaturated/α-hetero) is 1. The zero-order valence-corrected chi connectivity index (χ0v) is 12.2. The van der Waals surface area contributed by atoms with Crippen LogP contribution in [0.3, 0.4) is 0 Å². The maximum atomic E-state index is 13.6. The van der Waals surface area contributed by atoms with Gasteiger partial charge in [-0.05, 0) is 35.2 Å². The van der Waals surface area contributed by atoms with Crippen molar-refractivity contribution >= 4 is 27.2 Å². The Morgan fingerprint density at radius 1 is 1.19 bits per heavy atom. The van der Waals surface area contributed by atoms with Crippen LogP contribution in [0.25, 0.3) is 10.1 Å². The van der Waals surface area contributed by atoms with Gasteiger partial charge in [0.05, 0.1) is 12.0 Å². The Hall–Kier alpha value is -2.20. The molecule has 3 rings (SSSR count). The molecule has 0 spiro atoms. The molecule has 0 amide bonds. The molecule has 0 radical (unpaired) electrons. The first-order valence-electron chi connectivity index (χ1n) is 6.51. The van der Waals surface area contributed by atoms with Crippen LogP contribution in [0.15, 0.2) is 48.5 Å². The summed E-state index contributed by atoms with van der Waals surface area (Å²) in [6.07, 6.45) is 0.188. The standard InChI is InChI=1S/C17H13FO2S/c1-20-15-7-6-11(8-13(15)18)9-14(19)17-10-12-4-2-3-5-16(12)21-17/h2-8,10H,9H2,1H3. The summed E-state index contributed by atoms with van der Waals surface area (Å²) < 4.78 is 19.6. The number of benzene rings is 2. The Labute approximate surface area is 125 Å². The number of carbonyl (C=O) groups excluding carboxylic acids is 1. The van der Waals surface area contributed by atoms with Crippen LogP contribution < -0.4 is 4.74 Å². The van der Waals surface area contributed by atoms with E-state index in [4.69, 9.17) is 4.74 Å². The molecule has 0 bridgehead atoms. The fourth-order valence-corrected chi connectivity index (χ4v) is 3.21. The number of carbonyl (C=O) groups is 1. The first-order valence-corrected chi connectivity index (χ1v) is 7.33. The summed E-state index contributed by atoms with van der Waals surface area (Å²) in [5, 5.41) is 1.06. The number of hydrogen-bond acceptors (Lipinski definition) is 3. The van der Waals surface area contributed by atoms with Crippen LogP contribution in [0.1, 0.15) is 15.2 Å². The molecule has 2 aromatic carbocycles. The Morgan fingerprint density at radius 2 is 2.00 bits per heavy atom. The van der Waals surface area contributed by atoms with Crippen molar-refractivity contribution in [1.82, 2.24) is 0 Å². The molecule has 1 heterocycles. The Bertz CT molecular complexity index is 774. The predicted molar refractivity (Wildman–Crippen MR) is 82.8 cm³/mol. The summed E-state index contributed by atoms with van der Waals surface area (Å²) in [4.78, 5) is 13.0. The molecule has 0 atom stereocenters. The molecule has 0 saturated carbocycles. The molecule has 2 nitrogen and oxygen atoms in total. The van der Waals surface area contributed by atoms with Crippen molar-refractivity contribution in [1.29, 1.82) is 0 Å². The predicted octanol–water partition coefficient (Wildman–Crippen LogP) is 4.47. The number of rotatable bonds is 4. The lowest BCUT2D eigenvalue weighted by Gasteiger charge is -2.04. The average molecular weight is 300 g/mol. The summed E-state index contributed by atoms with van der Waals surface area (Å²) >= 11 is 1.47. The van der Waals surface area contributed by atoms with Crippen LogP contribution >= 0.6 is 11.3 Å². The van der Waals surface area contributed by atoms with Crippen LogP contribution in [0.5, 0.6) is 5.75 Å². The van der Waals surface area contributed by atoms with E-state index in [9.17, 15) is 9.18 Å². The molecule has 21 heavy (non-hydrogen) atoms. The highest BCUT2D eigenvalue weighted by atomic mass is 32.1. The van der Waals surface area contributed by atoms with Gasteiger partial charge in [-0.3, -0.25) is 4.79 Å². The van der Waals surface area contributed by atoms with Crippen molar-refractivity contribution < 1.29 is 13.9 Å². The molecule has 0 aliphatic carbocycles. The van der Waals surface area contributed by atoms with E-state index in [0.717, 1.165) is 10.1 Å². The first kappa shape index (κ1) is 13.8. The lowest BCUT2D eigenvalue weighted by Crippen LogP contribution is -2.02. The Morgan fingerprint density at radius 3 is 2.71 bits per heavy atom. The third-order valence-corrected chi connectivity index (χ3v) is 4.44. The van der Waals surface area contributed by atoms with Gasteiger partial charge >= 0.3 is 0 Å². The van der Waals surface area contributed by atoms with Gasteiger partial charge in [0.25, 0.3) is 0 Å². The van der Waals surface area contributed by atoms with Crippen LogP contribution in [0.4, 0.5) is 4.39 Å². The van der Waals surface area contributed by atoms with Crippen molar-refractivity contribution in [3.05, 3.63) is 64.8 Å². The van der Waals surface area contributed by atoms with Crippen molar-refractivity contribution in [3.63, 3.8) is 0 Å². The van der Waals surface area contributed by atoms with Gasteiger partial charge in [-0.1, -0.05) is 24.3 Å². The van der Waals surface area contributed by atoms with Gasteiger partial charge in [0.1, 0.15) is 0 Å². The average Bonchev–Trinajstić information content (AvgIpc) is 2.91. The second kappa shape index (κ2) is 5.66. The number of halogens is 1. The molecule has 0 aliphatic heterocycles. The minimum atomic E-state index is -0.445. The van der Waals surface area contributed by atoms with Crippen molar-refractivity contribution in [2.45, 2.75) is 6.42 Å². The van der Waals surface area contributed by atoms with Crippen LogP contribution in [0.2, 0.25) is 0 Å². The molecule has 0 fully saturated rings. The molecule has 1 aromatic heterocycles. The van der Waals surface area contributed by atoms with E-state index in [0.29, 0.717) is 10.4 Å². The number of hydrogen-bond donors (Lipinski definition) is 0. The molecule has 0 saturated heterocycles. The van der Waals surface area contributed by atoms with Gasteiger partial charge in [-0.15, -0.1) is 11.3 Å². The Balaban J connectivity index is 1.84. The quantitative estimate of drug-likeness (QED) is 0.664. The van der Waals surface area contributed by atoms with Crippen molar-refractivity contribution in [3.8, 4) is 5.75 Å². The number of ether oxygens (including phenoxy) is 1. The lowest BCUT2D eigenvalue weighted by atomic mass is 10.1. The summed E-state index contributed by atoms with van der Waals surface area (Å²) in [5.41, 5.74) is 0.649. The summed E-state index contributed by atoms with van der Waals surface area (Å²) in [5.74, 6) is -0.257. The monoisotopic (exact) mass is 300 g/mol. The second-order valence-corrected chi connectivity index (χ2v) is 5.80. The number of thiophene rings is 1. The molecule has 3 aromatic rings. The first-order chi connectivity index (χ1) is 10.2. The fourth-order valence-electron chi connectivity index (χ4n) is 2.21. The van der Waals surface area contributed by atoms with Gasteiger partial charge in [-0.25, -0.2) is 4.39 Å². The van der Waals surface area contributed by atoms with Crippen molar-refractivity contribution in [2.75, 3.05) is 7.11 Å². The maximum absolute atomic E-state index is 13.6. The number of methoxy groups -OCH3 is 1. The van der Waals surface area contributed by atoms with Crippen LogP contribution in [-0.2, 0) is 6.42 Å². The highest BCUT2D eigenvalue weighted by molar-refractivity contribution is 7.20. The van der Waals surface area contributed by atoms with Gasteiger partial charge in [-0.2, -0.15) is 0 Å². The van der Waals surface area contributed by atoms with E-state index < -0.39 is 5.82 Å². The highest BCUT2D eigenvalue weighted by Gasteiger charge is 2.12. The number of fused-ring (bicyclic) bond motifs is 1. The molecular weight excluding hydrogens is 287 g/mol. The third kappa shape index (κ3) is 2.81. The zero-order chi connectivity index (χ0) is 14.8. The van der Waals surface area contributed by atoms with E-state index in [-0.39, 0.29) is 18.0 Å². The largest absolute Gasteiger partial charge is 0.494 e. The van der Waals surface area contributed by atoms with E-state index in [1.165, 1.54) is 24.5 Å². The molecule has 106 valence electrons. The number of ketones is 1. The SMILES string of the molecule is COc1ccc(CC(=O)c2cc3ccccc3s2)cc1F. The molecule has 0 N–H and O–H groups in total. The molecule has 4 heteroatoms. The van der Waals surface area contributed by atoms with Crippen LogP contribution in [0, 0.1) is 5.82 Å². The minimum Gasteiger partial charge on any atom is -0.494 e. The van der Waals surface area contributed by atoms with Gasteiger partial charge in [0, 0.05) is 11.1 Å². The highest BCUT2D eigenvalue weighted by Crippen LogP contribution is 2.27. The minimum absolute atomic E-state index is 0.000710. The molecule has 0 unspecified atom stereocenters. The lowest BCUT2D eigenvalue weighted by molar-refractivity contribution is 0.0997. The smallest absolute Gasteiger partial charge is 0.177 e. The molecular formula is C17H13FO2S. The van der Waals surface area contributed by atoms with Gasteiger partial charge in [0.2, 0.25) is 0 Å². The van der Waals surface area contributed by atoms with E-state index >= 15 is 0 Å². The second-order valence-electron chi connectivity index (χ2n) is 4.72. The summed E-state index contributed by atoms with van der Waals surface area (Å²) in [7, 11) is 1.42. The topological polar surface area (TPSA) is 26.3 Å². The van der Waals surface area contributed by atoms with Crippen molar-refractivity contribution in [2.24, 2.45) is 0 Å². The fraction of sp³-hybridized carbons (Fsp3) is 0.118. The molecule has 0 aliphatic rings.